The Morgan fingerprint density at radius 3 is 2.94 bits per heavy atom. The second kappa shape index (κ2) is 3.60. The number of carbonyl (C=O) groups is 1. The number of fused-ring (bicyclic) bond motifs is 2. The molecule has 1 heteroatoms. The number of hydrogen-bond acceptors (Lipinski definition) is 1. The van der Waals surface area contributed by atoms with Crippen LogP contribution < -0.4 is 0 Å². The highest BCUT2D eigenvalue weighted by atomic mass is 16.1. The summed E-state index contributed by atoms with van der Waals surface area (Å²) in [4.78, 5) is 12.1. The first kappa shape index (κ1) is 9.34. The summed E-state index contributed by atoms with van der Waals surface area (Å²) in [6.45, 7) is 0. The third kappa shape index (κ3) is 1.45. The molecule has 2 aliphatic rings. The standard InChI is InChI=1S/C15H12O/c16-15-10-12-6-2-1-5-11(12)9-13-7-3-4-8-14(13)15/h1,3-9H,2,10H2. The van der Waals surface area contributed by atoms with Gasteiger partial charge in [-0.3, -0.25) is 4.79 Å². The summed E-state index contributed by atoms with van der Waals surface area (Å²) in [5.41, 5.74) is 4.24. The van der Waals surface area contributed by atoms with Gasteiger partial charge in [0, 0.05) is 12.0 Å². The van der Waals surface area contributed by atoms with Gasteiger partial charge in [0.2, 0.25) is 0 Å². The number of rotatable bonds is 0. The third-order valence-electron chi connectivity index (χ3n) is 3.09. The van der Waals surface area contributed by atoms with Crippen LogP contribution in [0.15, 0.2) is 53.6 Å². The Balaban J connectivity index is 2.20. The van der Waals surface area contributed by atoms with Gasteiger partial charge in [-0.2, -0.15) is 0 Å². The highest BCUT2D eigenvalue weighted by molar-refractivity contribution is 6.03. The second-order valence-electron chi connectivity index (χ2n) is 4.15. The van der Waals surface area contributed by atoms with Gasteiger partial charge in [-0.05, 0) is 29.2 Å². The van der Waals surface area contributed by atoms with E-state index >= 15 is 0 Å². The van der Waals surface area contributed by atoms with Gasteiger partial charge in [0.1, 0.15) is 0 Å². The van der Waals surface area contributed by atoms with E-state index in [0.29, 0.717) is 6.42 Å². The summed E-state index contributed by atoms with van der Waals surface area (Å²) < 4.78 is 0. The van der Waals surface area contributed by atoms with Crippen LogP contribution in [0, 0.1) is 0 Å². The van der Waals surface area contributed by atoms with Gasteiger partial charge in [0.15, 0.2) is 5.78 Å². The van der Waals surface area contributed by atoms with Crippen molar-refractivity contribution in [3.63, 3.8) is 0 Å². The Labute approximate surface area is 94.8 Å². The lowest BCUT2D eigenvalue weighted by Crippen LogP contribution is -2.01. The van der Waals surface area contributed by atoms with E-state index in [1.54, 1.807) is 0 Å². The smallest absolute Gasteiger partial charge is 0.167 e. The van der Waals surface area contributed by atoms with Crippen LogP contribution in [0.2, 0.25) is 0 Å². The molecule has 0 atom stereocenters. The summed E-state index contributed by atoms with van der Waals surface area (Å²) in [7, 11) is 0. The van der Waals surface area contributed by atoms with Gasteiger partial charge in [-0.25, -0.2) is 0 Å². The largest absolute Gasteiger partial charge is 0.294 e. The van der Waals surface area contributed by atoms with Crippen molar-refractivity contribution in [2.45, 2.75) is 12.8 Å². The molecule has 0 aliphatic heterocycles. The van der Waals surface area contributed by atoms with E-state index in [1.165, 1.54) is 11.1 Å². The second-order valence-corrected chi connectivity index (χ2v) is 4.15. The summed E-state index contributed by atoms with van der Waals surface area (Å²) in [5, 5.41) is 0. The van der Waals surface area contributed by atoms with Crippen LogP contribution in [-0.2, 0) is 0 Å². The molecule has 0 saturated carbocycles. The quantitative estimate of drug-likeness (QED) is 0.637. The average molecular weight is 208 g/mol. The molecule has 1 aromatic rings. The minimum absolute atomic E-state index is 0.225. The van der Waals surface area contributed by atoms with Crippen LogP contribution >= 0.6 is 0 Å². The first-order valence-electron chi connectivity index (χ1n) is 5.54. The number of carbonyl (C=O) groups excluding carboxylic acids is 1. The van der Waals surface area contributed by atoms with Crippen molar-refractivity contribution in [1.29, 1.82) is 0 Å². The summed E-state index contributed by atoms with van der Waals surface area (Å²) in [6.07, 6.45) is 9.99. The van der Waals surface area contributed by atoms with E-state index in [-0.39, 0.29) is 5.78 Å². The average Bonchev–Trinajstić information content (AvgIpc) is 2.45. The van der Waals surface area contributed by atoms with E-state index in [1.807, 2.05) is 24.3 Å². The van der Waals surface area contributed by atoms with E-state index in [0.717, 1.165) is 17.5 Å². The van der Waals surface area contributed by atoms with Crippen molar-refractivity contribution < 1.29 is 4.79 Å². The monoisotopic (exact) mass is 208 g/mol. The van der Waals surface area contributed by atoms with Crippen molar-refractivity contribution in [2.75, 3.05) is 0 Å². The van der Waals surface area contributed by atoms with Crippen molar-refractivity contribution in [2.24, 2.45) is 0 Å². The highest BCUT2D eigenvalue weighted by Gasteiger charge is 2.18. The van der Waals surface area contributed by atoms with Crippen LogP contribution in [0.25, 0.3) is 6.08 Å². The van der Waals surface area contributed by atoms with Crippen molar-refractivity contribution in [3.8, 4) is 0 Å². The van der Waals surface area contributed by atoms with Gasteiger partial charge in [0.05, 0.1) is 0 Å². The Bertz CT molecular complexity index is 544. The van der Waals surface area contributed by atoms with Crippen LogP contribution in [-0.4, -0.2) is 5.78 Å². The summed E-state index contributed by atoms with van der Waals surface area (Å²) in [5.74, 6) is 0.225. The van der Waals surface area contributed by atoms with Gasteiger partial charge < -0.3 is 0 Å². The third-order valence-corrected chi connectivity index (χ3v) is 3.09. The number of allylic oxidation sites excluding steroid dienone is 5. The van der Waals surface area contributed by atoms with E-state index < -0.39 is 0 Å². The zero-order chi connectivity index (χ0) is 11.0. The Morgan fingerprint density at radius 1 is 1.12 bits per heavy atom. The molecule has 0 bridgehead atoms. The molecule has 0 unspecified atom stereocenters. The fourth-order valence-corrected chi connectivity index (χ4v) is 2.26. The highest BCUT2D eigenvalue weighted by Crippen LogP contribution is 2.30. The summed E-state index contributed by atoms with van der Waals surface area (Å²) >= 11 is 0. The van der Waals surface area contributed by atoms with Crippen molar-refractivity contribution >= 4 is 11.9 Å². The van der Waals surface area contributed by atoms with Crippen molar-refractivity contribution in [1.82, 2.24) is 0 Å². The molecular formula is C15H12O. The molecule has 0 spiro atoms. The molecular weight excluding hydrogens is 196 g/mol. The number of hydrogen-bond donors (Lipinski definition) is 0. The molecule has 0 heterocycles. The van der Waals surface area contributed by atoms with Crippen LogP contribution in [0.3, 0.4) is 0 Å². The Morgan fingerprint density at radius 2 is 2.00 bits per heavy atom. The zero-order valence-electron chi connectivity index (χ0n) is 8.94. The molecule has 0 fully saturated rings. The minimum atomic E-state index is 0.225. The predicted molar refractivity (Wildman–Crippen MR) is 65.2 cm³/mol. The number of benzene rings is 1. The SMILES string of the molecule is O=C1CC2=CCC=CC2=Cc2ccccc21. The first-order chi connectivity index (χ1) is 7.84. The molecule has 16 heavy (non-hydrogen) atoms. The maximum atomic E-state index is 12.1. The maximum Gasteiger partial charge on any atom is 0.167 e. The molecule has 78 valence electrons. The molecule has 0 aromatic heterocycles. The molecule has 2 aliphatic carbocycles. The number of Topliss-reactive ketones (excluding diaryl/α,β-unsaturated/α-hetero) is 1. The Kier molecular flexibility index (Phi) is 2.10. The van der Waals surface area contributed by atoms with Crippen LogP contribution in [0.4, 0.5) is 0 Å². The Hall–Kier alpha value is -1.89. The van der Waals surface area contributed by atoms with Gasteiger partial charge in [0.25, 0.3) is 0 Å². The number of ketones is 1. The fraction of sp³-hybridized carbons (Fsp3) is 0.133. The van der Waals surface area contributed by atoms with E-state index in [2.05, 4.69) is 24.3 Å². The van der Waals surface area contributed by atoms with Crippen LogP contribution in [0.5, 0.6) is 0 Å². The fourth-order valence-electron chi connectivity index (χ4n) is 2.26. The maximum absolute atomic E-state index is 12.1. The zero-order valence-corrected chi connectivity index (χ0v) is 8.94. The predicted octanol–water partition coefficient (Wildman–Crippen LogP) is 3.54. The van der Waals surface area contributed by atoms with Crippen molar-refractivity contribution in [3.05, 3.63) is 64.8 Å². The molecule has 0 saturated heterocycles. The van der Waals surface area contributed by atoms with Gasteiger partial charge in [-0.15, -0.1) is 0 Å². The first-order valence-corrected chi connectivity index (χ1v) is 5.54. The molecule has 0 radical (unpaired) electrons. The lowest BCUT2D eigenvalue weighted by Gasteiger charge is -2.08. The molecule has 0 amide bonds. The lowest BCUT2D eigenvalue weighted by molar-refractivity contribution is 0.0994. The molecule has 0 N–H and O–H groups in total. The van der Waals surface area contributed by atoms with Gasteiger partial charge >= 0.3 is 0 Å². The topological polar surface area (TPSA) is 17.1 Å². The minimum Gasteiger partial charge on any atom is -0.294 e. The van der Waals surface area contributed by atoms with Crippen LogP contribution in [0.1, 0.15) is 28.8 Å². The molecule has 3 rings (SSSR count). The molecule has 1 aromatic carbocycles. The summed E-state index contributed by atoms with van der Waals surface area (Å²) in [6, 6.07) is 7.82. The van der Waals surface area contributed by atoms with E-state index in [4.69, 9.17) is 0 Å². The van der Waals surface area contributed by atoms with E-state index in [9.17, 15) is 4.79 Å². The van der Waals surface area contributed by atoms with Gasteiger partial charge in [-0.1, -0.05) is 42.5 Å². The molecule has 1 nitrogen and oxygen atoms in total. The lowest BCUT2D eigenvalue weighted by atomic mass is 9.96. The normalized spacial score (nSPS) is 18.1.